The van der Waals surface area contributed by atoms with Crippen LogP contribution in [-0.4, -0.2) is 42.3 Å². The number of rotatable bonds is 1. The van der Waals surface area contributed by atoms with Crippen molar-refractivity contribution in [2.45, 2.75) is 44.4 Å². The number of carbonyl (C=O) groups is 1. The van der Waals surface area contributed by atoms with Crippen LogP contribution in [0.5, 0.6) is 0 Å². The highest BCUT2D eigenvalue weighted by atomic mass is 16.7. The molecule has 0 aromatic heterocycles. The van der Waals surface area contributed by atoms with Gasteiger partial charge in [-0.3, -0.25) is 4.79 Å². The number of ether oxygens (including phenoxy) is 3. The fourth-order valence-electron chi connectivity index (χ4n) is 3.20. The molecule has 6 atom stereocenters. The quantitative estimate of drug-likeness (QED) is 0.643. The van der Waals surface area contributed by atoms with Gasteiger partial charge in [-0.1, -0.05) is 0 Å². The molecule has 2 saturated heterocycles. The lowest BCUT2D eigenvalue weighted by Gasteiger charge is -2.24. The van der Waals surface area contributed by atoms with Gasteiger partial charge in [0, 0.05) is 18.3 Å². The Balaban J connectivity index is 1.76. The van der Waals surface area contributed by atoms with Gasteiger partial charge in [0.25, 0.3) is 0 Å². The van der Waals surface area contributed by atoms with Crippen LogP contribution < -0.4 is 0 Å². The number of carbonyl (C=O) groups excluding carboxylic acids is 1. The van der Waals surface area contributed by atoms with Crippen molar-refractivity contribution in [2.75, 3.05) is 6.61 Å². The SMILES string of the molecule is CC1OC[C@@H]([C@@H]2[C@H]3CC(=O)O[C@H]3C[C@H]2O)O1. The molecule has 3 aliphatic rings. The molecule has 0 spiro atoms. The van der Waals surface area contributed by atoms with E-state index in [0.29, 0.717) is 19.4 Å². The molecule has 0 bridgehead atoms. The van der Waals surface area contributed by atoms with Crippen LogP contribution in [0.1, 0.15) is 19.8 Å². The number of aliphatic hydroxyl groups excluding tert-OH is 1. The van der Waals surface area contributed by atoms with Crippen LogP contribution in [-0.2, 0) is 19.0 Å². The molecule has 0 aromatic rings. The average Bonchev–Trinajstić information content (AvgIpc) is 2.80. The highest BCUT2D eigenvalue weighted by Crippen LogP contribution is 2.44. The predicted octanol–water partition coefficient (Wildman–Crippen LogP) is 0.0603. The lowest BCUT2D eigenvalue weighted by Crippen LogP contribution is -2.34. The van der Waals surface area contributed by atoms with Crippen LogP contribution in [0.15, 0.2) is 0 Å². The van der Waals surface area contributed by atoms with Crippen molar-refractivity contribution in [3.63, 3.8) is 0 Å². The first-order chi connectivity index (χ1) is 7.65. The second-order valence-electron chi connectivity index (χ2n) is 4.85. The van der Waals surface area contributed by atoms with Crippen LogP contribution >= 0.6 is 0 Å². The Morgan fingerprint density at radius 3 is 2.88 bits per heavy atom. The molecule has 16 heavy (non-hydrogen) atoms. The van der Waals surface area contributed by atoms with Crippen LogP contribution in [0, 0.1) is 11.8 Å². The highest BCUT2D eigenvalue weighted by molar-refractivity contribution is 5.72. The lowest BCUT2D eigenvalue weighted by atomic mass is 9.87. The summed E-state index contributed by atoms with van der Waals surface area (Å²) in [6, 6.07) is 0. The first-order valence-corrected chi connectivity index (χ1v) is 5.80. The standard InChI is InChI=1S/C11H16O5/c1-5-14-4-9(15-5)11-6-2-10(13)16-8(6)3-7(11)12/h5-9,11-12H,2-4H2,1H3/t5?,6-,7+,8-,9-,11+/m0/s1. The Kier molecular flexibility index (Phi) is 2.42. The molecule has 1 unspecified atom stereocenters. The highest BCUT2D eigenvalue weighted by Gasteiger charge is 2.53. The third-order valence-electron chi connectivity index (χ3n) is 3.87. The minimum Gasteiger partial charge on any atom is -0.462 e. The third kappa shape index (κ3) is 1.54. The van der Waals surface area contributed by atoms with E-state index >= 15 is 0 Å². The molecule has 2 heterocycles. The van der Waals surface area contributed by atoms with E-state index in [4.69, 9.17) is 14.2 Å². The molecule has 1 aliphatic carbocycles. The van der Waals surface area contributed by atoms with Crippen LogP contribution in [0.3, 0.4) is 0 Å². The van der Waals surface area contributed by atoms with Gasteiger partial charge in [-0.25, -0.2) is 0 Å². The molecule has 5 heteroatoms. The van der Waals surface area contributed by atoms with Crippen molar-refractivity contribution in [1.29, 1.82) is 0 Å². The van der Waals surface area contributed by atoms with Crippen molar-refractivity contribution < 1.29 is 24.1 Å². The monoisotopic (exact) mass is 228 g/mol. The predicted molar refractivity (Wildman–Crippen MR) is 52.4 cm³/mol. The summed E-state index contributed by atoms with van der Waals surface area (Å²) < 4.78 is 16.1. The topological polar surface area (TPSA) is 65.0 Å². The first kappa shape index (κ1) is 10.5. The number of fused-ring (bicyclic) bond motifs is 1. The van der Waals surface area contributed by atoms with E-state index in [1.54, 1.807) is 0 Å². The van der Waals surface area contributed by atoms with Gasteiger partial charge in [0.1, 0.15) is 6.10 Å². The molecule has 0 amide bonds. The van der Waals surface area contributed by atoms with Gasteiger partial charge in [-0.2, -0.15) is 0 Å². The van der Waals surface area contributed by atoms with E-state index in [1.165, 1.54) is 0 Å². The summed E-state index contributed by atoms with van der Waals surface area (Å²) >= 11 is 0. The zero-order valence-electron chi connectivity index (χ0n) is 9.17. The smallest absolute Gasteiger partial charge is 0.306 e. The van der Waals surface area contributed by atoms with Gasteiger partial charge in [0.2, 0.25) is 0 Å². The third-order valence-corrected chi connectivity index (χ3v) is 3.87. The van der Waals surface area contributed by atoms with Gasteiger partial charge in [-0.05, 0) is 6.92 Å². The largest absolute Gasteiger partial charge is 0.462 e. The van der Waals surface area contributed by atoms with Gasteiger partial charge < -0.3 is 19.3 Å². The zero-order valence-corrected chi connectivity index (χ0v) is 9.17. The maximum Gasteiger partial charge on any atom is 0.306 e. The van der Waals surface area contributed by atoms with Crippen molar-refractivity contribution in [2.24, 2.45) is 11.8 Å². The van der Waals surface area contributed by atoms with Gasteiger partial charge >= 0.3 is 5.97 Å². The van der Waals surface area contributed by atoms with E-state index in [-0.39, 0.29) is 36.3 Å². The molecule has 3 fully saturated rings. The molecule has 2 aliphatic heterocycles. The first-order valence-electron chi connectivity index (χ1n) is 5.80. The zero-order chi connectivity index (χ0) is 11.3. The number of aliphatic hydroxyl groups is 1. The van der Waals surface area contributed by atoms with E-state index < -0.39 is 6.10 Å². The van der Waals surface area contributed by atoms with E-state index in [9.17, 15) is 9.90 Å². The minimum atomic E-state index is -0.443. The summed E-state index contributed by atoms with van der Waals surface area (Å²) in [5.41, 5.74) is 0. The Labute approximate surface area is 93.7 Å². The van der Waals surface area contributed by atoms with Crippen LogP contribution in [0.25, 0.3) is 0 Å². The normalized spacial score (nSPS) is 51.8. The van der Waals surface area contributed by atoms with Crippen LogP contribution in [0.2, 0.25) is 0 Å². The van der Waals surface area contributed by atoms with Crippen molar-refractivity contribution in [1.82, 2.24) is 0 Å². The molecule has 1 N–H and O–H groups in total. The lowest BCUT2D eigenvalue weighted by molar-refractivity contribution is -0.141. The van der Waals surface area contributed by atoms with Gasteiger partial charge in [0.05, 0.1) is 25.2 Å². The summed E-state index contributed by atoms with van der Waals surface area (Å²) in [6.45, 7) is 2.34. The second kappa shape index (κ2) is 3.68. The maximum absolute atomic E-state index is 11.2. The maximum atomic E-state index is 11.2. The van der Waals surface area contributed by atoms with E-state index in [2.05, 4.69) is 0 Å². The summed E-state index contributed by atoms with van der Waals surface area (Å²) in [6.07, 6.45) is 0.0634. The molecule has 5 nitrogen and oxygen atoms in total. The molecule has 0 radical (unpaired) electrons. The Bertz CT molecular complexity index is 305. The van der Waals surface area contributed by atoms with E-state index in [0.717, 1.165) is 0 Å². The minimum absolute atomic E-state index is 0.0265. The summed E-state index contributed by atoms with van der Waals surface area (Å²) in [7, 11) is 0. The Morgan fingerprint density at radius 1 is 1.38 bits per heavy atom. The van der Waals surface area contributed by atoms with Gasteiger partial charge in [0.15, 0.2) is 6.29 Å². The van der Waals surface area contributed by atoms with Crippen molar-refractivity contribution in [3.8, 4) is 0 Å². The molecule has 90 valence electrons. The molecular weight excluding hydrogens is 212 g/mol. The molecule has 1 saturated carbocycles. The molecular formula is C11H16O5. The van der Waals surface area contributed by atoms with Crippen LogP contribution in [0.4, 0.5) is 0 Å². The fourth-order valence-corrected chi connectivity index (χ4v) is 3.20. The number of hydrogen-bond acceptors (Lipinski definition) is 5. The average molecular weight is 228 g/mol. The summed E-state index contributed by atoms with van der Waals surface area (Å²) in [5.74, 6) is -0.0818. The second-order valence-corrected chi connectivity index (χ2v) is 4.85. The van der Waals surface area contributed by atoms with Crippen molar-refractivity contribution >= 4 is 5.97 Å². The van der Waals surface area contributed by atoms with Crippen molar-refractivity contribution in [3.05, 3.63) is 0 Å². The summed E-state index contributed by atoms with van der Waals surface area (Å²) in [4.78, 5) is 11.2. The Morgan fingerprint density at radius 2 is 2.19 bits per heavy atom. The number of hydrogen-bond donors (Lipinski definition) is 1. The fraction of sp³-hybridized carbons (Fsp3) is 0.909. The van der Waals surface area contributed by atoms with E-state index in [1.807, 2.05) is 6.92 Å². The summed E-state index contributed by atoms with van der Waals surface area (Å²) in [5, 5.41) is 10.0. The molecule has 0 aromatic carbocycles. The molecule has 3 rings (SSSR count). The Hall–Kier alpha value is -0.650. The van der Waals surface area contributed by atoms with Gasteiger partial charge in [-0.15, -0.1) is 0 Å². The number of esters is 1.